The molecule has 3 heterocycles. The van der Waals surface area contributed by atoms with Gasteiger partial charge in [0.25, 0.3) is 5.91 Å². The van der Waals surface area contributed by atoms with Crippen LogP contribution in [-0.4, -0.2) is 86.0 Å². The number of nitrogens with zero attached hydrogens (tertiary/aromatic N) is 2. The van der Waals surface area contributed by atoms with Gasteiger partial charge in [0, 0.05) is 77.5 Å². The fraction of sp³-hybridized carbons (Fsp3) is 0.400. The summed E-state index contributed by atoms with van der Waals surface area (Å²) in [5, 5.41) is 6.31. The molecule has 0 unspecified atom stereocenters. The van der Waals surface area contributed by atoms with Crippen molar-refractivity contribution in [1.29, 1.82) is 0 Å². The summed E-state index contributed by atoms with van der Waals surface area (Å²) < 4.78 is 32.2. The van der Waals surface area contributed by atoms with E-state index in [-0.39, 0.29) is 39.3 Å². The van der Waals surface area contributed by atoms with Crippen molar-refractivity contribution in [3.05, 3.63) is 80.1 Å². The Morgan fingerprint density at radius 3 is 2.35 bits per heavy atom. The normalized spacial score (nSPS) is 16.1. The Bertz CT molecular complexity index is 1900. The lowest BCUT2D eigenvalue weighted by Gasteiger charge is -2.35. The number of nitrogens with one attached hydrogen (secondary N) is 3. The number of aromatic amines is 1. The number of halogens is 2. The van der Waals surface area contributed by atoms with Gasteiger partial charge in [-0.15, -0.1) is 0 Å². The second kappa shape index (κ2) is 14.6. The lowest BCUT2D eigenvalue weighted by Crippen LogP contribution is -2.51. The van der Waals surface area contributed by atoms with E-state index in [2.05, 4.69) is 20.5 Å². The molecule has 3 aromatic rings. The van der Waals surface area contributed by atoms with Gasteiger partial charge in [0.15, 0.2) is 9.84 Å². The number of hydrogen-bond donors (Lipinski definition) is 3. The molecule has 2 aromatic carbocycles. The van der Waals surface area contributed by atoms with E-state index in [0.29, 0.717) is 67.3 Å². The van der Waals surface area contributed by atoms with Crippen LogP contribution in [0.3, 0.4) is 0 Å². The van der Waals surface area contributed by atoms with Crippen LogP contribution in [0.5, 0.6) is 0 Å². The molecular formula is C35H41Cl2N5O6S. The highest BCUT2D eigenvalue weighted by atomic mass is 35.5. The standard InChI is InChI=1S/C35H41Cl2N5O6S/c1-21-24(19-32(43)38-11-12-41-13-15-42(16-14-41)34(45)48-35(3,4)5)22(2)39-31(21)18-26-25-17-23(9-10-30(25)40-33(26)44)49(46,47)20-27-28(36)7-6-8-29(27)37/h6-10,17-18,39H,11-16,19-20H2,1-5H3,(H,38,43)(H,40,44)/b26-18-. The van der Waals surface area contributed by atoms with Gasteiger partial charge < -0.3 is 25.3 Å². The second-order valence-corrected chi connectivity index (χ2v) is 16.1. The van der Waals surface area contributed by atoms with Gasteiger partial charge >= 0.3 is 6.09 Å². The van der Waals surface area contributed by atoms with Crippen molar-refractivity contribution in [1.82, 2.24) is 20.1 Å². The summed E-state index contributed by atoms with van der Waals surface area (Å²) in [6, 6.07) is 9.32. The van der Waals surface area contributed by atoms with E-state index in [1.54, 1.807) is 35.2 Å². The molecule has 0 atom stereocenters. The number of aryl methyl sites for hydroxylation is 1. The molecule has 2 aliphatic heterocycles. The maximum absolute atomic E-state index is 13.4. The Balaban J connectivity index is 1.22. The third-order valence-corrected chi connectivity index (χ3v) is 10.9. The number of sulfone groups is 1. The van der Waals surface area contributed by atoms with Crippen LogP contribution in [0.1, 0.15) is 54.4 Å². The summed E-state index contributed by atoms with van der Waals surface area (Å²) in [4.78, 5) is 45.5. The van der Waals surface area contributed by atoms with Crippen LogP contribution in [0, 0.1) is 13.8 Å². The molecule has 3 amide bonds. The van der Waals surface area contributed by atoms with Crippen molar-refractivity contribution >= 4 is 68.3 Å². The first-order valence-electron chi connectivity index (χ1n) is 16.0. The number of H-pyrrole nitrogens is 1. The summed E-state index contributed by atoms with van der Waals surface area (Å²) in [5.41, 5.74) is 4.11. The first kappa shape index (κ1) is 36.4. The van der Waals surface area contributed by atoms with Crippen molar-refractivity contribution in [3.8, 4) is 0 Å². The number of piperazine rings is 1. The maximum Gasteiger partial charge on any atom is 0.410 e. The number of anilines is 1. The molecule has 1 saturated heterocycles. The Hall–Kier alpha value is -3.84. The third kappa shape index (κ3) is 8.67. The van der Waals surface area contributed by atoms with Crippen LogP contribution in [-0.2, 0) is 36.3 Å². The average Bonchev–Trinajstić information content (AvgIpc) is 3.47. The lowest BCUT2D eigenvalue weighted by molar-refractivity contribution is -0.120. The number of fused-ring (bicyclic) bond motifs is 1. The van der Waals surface area contributed by atoms with Crippen molar-refractivity contribution in [3.63, 3.8) is 0 Å². The van der Waals surface area contributed by atoms with Gasteiger partial charge in [-0.1, -0.05) is 29.3 Å². The Labute approximate surface area is 296 Å². The van der Waals surface area contributed by atoms with E-state index in [1.165, 1.54) is 12.1 Å². The fourth-order valence-electron chi connectivity index (χ4n) is 5.87. The Kier molecular flexibility index (Phi) is 10.8. The minimum atomic E-state index is -3.86. The van der Waals surface area contributed by atoms with Crippen molar-refractivity contribution < 1.29 is 27.5 Å². The zero-order valence-electron chi connectivity index (χ0n) is 28.2. The van der Waals surface area contributed by atoms with Gasteiger partial charge in [-0.25, -0.2) is 13.2 Å². The number of benzene rings is 2. The SMILES string of the molecule is Cc1[nH]c(/C=C2\C(=O)Nc3ccc(S(=O)(=O)Cc4c(Cl)cccc4Cl)cc32)c(C)c1CC(=O)NCCN1CCN(C(=O)OC(C)(C)C)CC1. The predicted molar refractivity (Wildman–Crippen MR) is 192 cm³/mol. The largest absolute Gasteiger partial charge is 0.444 e. The van der Waals surface area contributed by atoms with E-state index >= 15 is 0 Å². The number of carbonyl (C=O) groups is 3. The molecule has 262 valence electrons. The van der Waals surface area contributed by atoms with Gasteiger partial charge in [0.1, 0.15) is 5.60 Å². The first-order valence-corrected chi connectivity index (χ1v) is 18.4. The molecule has 1 fully saturated rings. The molecule has 0 aliphatic carbocycles. The molecule has 1 aromatic heterocycles. The van der Waals surface area contributed by atoms with Crippen LogP contribution in [0.25, 0.3) is 11.6 Å². The summed E-state index contributed by atoms with van der Waals surface area (Å²) >= 11 is 12.5. The quantitative estimate of drug-likeness (QED) is 0.243. The van der Waals surface area contributed by atoms with Crippen molar-refractivity contribution in [2.24, 2.45) is 0 Å². The van der Waals surface area contributed by atoms with Crippen LogP contribution in [0.2, 0.25) is 10.0 Å². The number of ether oxygens (including phenoxy) is 1. The molecule has 0 bridgehead atoms. The Morgan fingerprint density at radius 2 is 1.69 bits per heavy atom. The highest BCUT2D eigenvalue weighted by molar-refractivity contribution is 7.90. The second-order valence-electron chi connectivity index (χ2n) is 13.3. The molecule has 2 aliphatic rings. The summed E-state index contributed by atoms with van der Waals surface area (Å²) in [7, 11) is -3.86. The highest BCUT2D eigenvalue weighted by Crippen LogP contribution is 2.37. The zero-order chi connectivity index (χ0) is 35.7. The first-order chi connectivity index (χ1) is 23.0. The molecule has 3 N–H and O–H groups in total. The van der Waals surface area contributed by atoms with Crippen molar-refractivity contribution in [2.45, 2.75) is 57.3 Å². The number of rotatable bonds is 9. The highest BCUT2D eigenvalue weighted by Gasteiger charge is 2.29. The van der Waals surface area contributed by atoms with Gasteiger partial charge in [0.05, 0.1) is 22.6 Å². The smallest absolute Gasteiger partial charge is 0.410 e. The number of amides is 3. The fourth-order valence-corrected chi connectivity index (χ4v) is 7.99. The molecule has 5 rings (SSSR count). The lowest BCUT2D eigenvalue weighted by atomic mass is 10.0. The number of carbonyl (C=O) groups excluding carboxylic acids is 3. The Morgan fingerprint density at radius 1 is 1.02 bits per heavy atom. The minimum Gasteiger partial charge on any atom is -0.444 e. The zero-order valence-corrected chi connectivity index (χ0v) is 30.5. The molecule has 0 saturated carbocycles. The average molecular weight is 731 g/mol. The van der Waals surface area contributed by atoms with E-state index in [9.17, 15) is 22.8 Å². The predicted octanol–water partition coefficient (Wildman–Crippen LogP) is 5.62. The summed E-state index contributed by atoms with van der Waals surface area (Å²) in [6.07, 6.45) is 1.53. The van der Waals surface area contributed by atoms with Gasteiger partial charge in [-0.2, -0.15) is 0 Å². The molecule has 14 heteroatoms. The molecule has 0 spiro atoms. The van der Waals surface area contributed by atoms with E-state index < -0.39 is 21.2 Å². The van der Waals surface area contributed by atoms with Crippen LogP contribution >= 0.6 is 23.2 Å². The van der Waals surface area contributed by atoms with Crippen LogP contribution in [0.4, 0.5) is 10.5 Å². The minimum absolute atomic E-state index is 0.0336. The van der Waals surface area contributed by atoms with Gasteiger partial charge in [-0.05, 0) is 82.2 Å². The molecule has 49 heavy (non-hydrogen) atoms. The molecular weight excluding hydrogens is 689 g/mol. The monoisotopic (exact) mass is 729 g/mol. The number of hydrogen-bond acceptors (Lipinski definition) is 7. The van der Waals surface area contributed by atoms with Crippen LogP contribution in [0.15, 0.2) is 41.3 Å². The van der Waals surface area contributed by atoms with E-state index in [0.717, 1.165) is 16.8 Å². The number of aromatic nitrogens is 1. The molecule has 0 radical (unpaired) electrons. The van der Waals surface area contributed by atoms with Crippen LogP contribution < -0.4 is 10.6 Å². The third-order valence-electron chi connectivity index (χ3n) is 8.56. The summed E-state index contributed by atoms with van der Waals surface area (Å²) in [5.74, 6) is -0.888. The van der Waals surface area contributed by atoms with E-state index in [1.807, 2.05) is 34.6 Å². The van der Waals surface area contributed by atoms with Gasteiger partial charge in [-0.3, -0.25) is 14.5 Å². The topological polar surface area (TPSA) is 141 Å². The van der Waals surface area contributed by atoms with Gasteiger partial charge in [0.2, 0.25) is 5.91 Å². The maximum atomic E-state index is 13.4. The van der Waals surface area contributed by atoms with Crippen molar-refractivity contribution in [2.75, 3.05) is 44.6 Å². The summed E-state index contributed by atoms with van der Waals surface area (Å²) in [6.45, 7) is 13.0. The van der Waals surface area contributed by atoms with E-state index in [4.69, 9.17) is 27.9 Å². The molecule has 11 nitrogen and oxygen atoms in total.